The number of phenols is 2. The number of carbonyl (C=O) groups excluding carboxylic acids is 2. The highest BCUT2D eigenvalue weighted by Gasteiger charge is 2.65. The maximum Gasteiger partial charge on any atom is 0.260 e. The Morgan fingerprint density at radius 3 is 2.56 bits per heavy atom. The minimum absolute atomic E-state index is 0.0709. The SMILES string of the molecule is CC(=O)[C@@]1(O)CCC2C3CCC4=CC(=NOCC(=O)NCCc5ccc(O)c(O)c5)CC[C@]4(C)C3CC[C@@]21C. The van der Waals surface area contributed by atoms with Crippen LogP contribution in [0.5, 0.6) is 11.5 Å². The average molecular weight is 539 g/mol. The second-order valence-corrected chi connectivity index (χ2v) is 12.7. The van der Waals surface area contributed by atoms with Crippen LogP contribution in [0.25, 0.3) is 0 Å². The van der Waals surface area contributed by atoms with Crippen molar-refractivity contribution < 1.29 is 29.7 Å². The van der Waals surface area contributed by atoms with Gasteiger partial charge >= 0.3 is 0 Å². The summed E-state index contributed by atoms with van der Waals surface area (Å²) in [6, 6.07) is 4.61. The van der Waals surface area contributed by atoms with Crippen LogP contribution < -0.4 is 5.32 Å². The largest absolute Gasteiger partial charge is 0.504 e. The number of oxime groups is 1. The van der Waals surface area contributed by atoms with Gasteiger partial charge in [-0.1, -0.05) is 30.6 Å². The highest BCUT2D eigenvalue weighted by molar-refractivity contribution is 5.96. The van der Waals surface area contributed by atoms with E-state index in [0.717, 1.165) is 56.2 Å². The summed E-state index contributed by atoms with van der Waals surface area (Å²) in [5, 5.41) is 37.4. The molecule has 5 rings (SSSR count). The molecular weight excluding hydrogens is 496 g/mol. The third-order valence-electron chi connectivity index (χ3n) is 10.9. The normalized spacial score (nSPS) is 36.4. The lowest BCUT2D eigenvalue weighted by molar-refractivity contribution is -0.159. The number of carbonyl (C=O) groups is 2. The van der Waals surface area contributed by atoms with Crippen LogP contribution in [0.2, 0.25) is 0 Å². The van der Waals surface area contributed by atoms with E-state index in [2.05, 4.69) is 30.4 Å². The second-order valence-electron chi connectivity index (χ2n) is 12.7. The lowest BCUT2D eigenvalue weighted by atomic mass is 9.46. The Kier molecular flexibility index (Phi) is 7.29. The van der Waals surface area contributed by atoms with Crippen LogP contribution >= 0.6 is 0 Å². The number of rotatable bonds is 7. The molecule has 8 nitrogen and oxygen atoms in total. The molecule has 3 fully saturated rings. The predicted molar refractivity (Wildman–Crippen MR) is 147 cm³/mol. The van der Waals surface area contributed by atoms with Crippen LogP contribution in [0.15, 0.2) is 35.0 Å². The number of ketones is 1. The van der Waals surface area contributed by atoms with Crippen LogP contribution in [0, 0.1) is 28.6 Å². The maximum atomic E-state index is 12.5. The number of fused-ring (bicyclic) bond motifs is 5. The zero-order chi connectivity index (χ0) is 28.0. The molecule has 0 aromatic heterocycles. The van der Waals surface area contributed by atoms with E-state index in [4.69, 9.17) is 4.84 Å². The third-order valence-corrected chi connectivity index (χ3v) is 10.9. The fourth-order valence-corrected chi connectivity index (χ4v) is 8.53. The van der Waals surface area contributed by atoms with Crippen LogP contribution in [0.1, 0.15) is 77.7 Å². The molecular formula is C31H42N2O6. The van der Waals surface area contributed by atoms with Gasteiger partial charge in [0, 0.05) is 12.0 Å². The van der Waals surface area contributed by atoms with Crippen LogP contribution in [-0.2, 0) is 20.8 Å². The molecule has 212 valence electrons. The molecule has 0 bridgehead atoms. The van der Waals surface area contributed by atoms with Gasteiger partial charge in [-0.15, -0.1) is 0 Å². The van der Waals surface area contributed by atoms with E-state index in [-0.39, 0.29) is 40.6 Å². The van der Waals surface area contributed by atoms with Gasteiger partial charge < -0.3 is 25.5 Å². The molecule has 0 radical (unpaired) electrons. The number of benzene rings is 1. The van der Waals surface area contributed by atoms with Gasteiger partial charge in [0.2, 0.25) is 0 Å². The van der Waals surface area contributed by atoms with Crippen molar-refractivity contribution in [2.75, 3.05) is 13.2 Å². The number of Topliss-reactive ketones (excluding diaryl/α,β-unsaturated/α-hetero) is 1. The molecule has 1 amide bonds. The summed E-state index contributed by atoms with van der Waals surface area (Å²) in [5.74, 6) is 0.795. The van der Waals surface area contributed by atoms with Gasteiger partial charge in [-0.25, -0.2) is 0 Å². The van der Waals surface area contributed by atoms with Gasteiger partial charge in [0.05, 0.1) is 5.71 Å². The van der Waals surface area contributed by atoms with E-state index in [1.165, 1.54) is 17.7 Å². The molecule has 4 aliphatic rings. The number of allylic oxidation sites excluding steroid dienone is 2. The zero-order valence-corrected chi connectivity index (χ0v) is 23.3. The fraction of sp³-hybridized carbons (Fsp3) is 0.645. The average Bonchev–Trinajstić information content (AvgIpc) is 3.18. The first-order valence-corrected chi connectivity index (χ1v) is 14.4. The number of nitrogens with zero attached hydrogens (tertiary/aromatic N) is 1. The van der Waals surface area contributed by atoms with Crippen LogP contribution in [-0.4, -0.2) is 51.5 Å². The molecule has 0 aliphatic heterocycles. The Morgan fingerprint density at radius 2 is 1.82 bits per heavy atom. The first kappa shape index (κ1) is 27.7. The van der Waals surface area contributed by atoms with Crippen molar-refractivity contribution in [3.63, 3.8) is 0 Å². The lowest BCUT2D eigenvalue weighted by Crippen LogP contribution is -2.57. The molecule has 0 saturated heterocycles. The van der Waals surface area contributed by atoms with E-state index >= 15 is 0 Å². The van der Waals surface area contributed by atoms with Gasteiger partial charge in [0.25, 0.3) is 5.91 Å². The quantitative estimate of drug-likeness (QED) is 0.301. The minimum Gasteiger partial charge on any atom is -0.504 e. The Hall–Kier alpha value is -2.87. The van der Waals surface area contributed by atoms with Gasteiger partial charge in [-0.05, 0) is 112 Å². The second kappa shape index (κ2) is 10.3. The third kappa shape index (κ3) is 4.75. The number of aromatic hydroxyl groups is 2. The van der Waals surface area contributed by atoms with Crippen LogP contribution in [0.3, 0.4) is 0 Å². The van der Waals surface area contributed by atoms with E-state index in [1.807, 2.05) is 0 Å². The molecule has 0 heterocycles. The van der Waals surface area contributed by atoms with Crippen molar-refractivity contribution in [1.82, 2.24) is 5.32 Å². The molecule has 4 aliphatic carbocycles. The standard InChI is InChI=1S/C31H42N2O6/c1-19(34)31(38)14-10-25-23-6-5-21-17-22(8-12-29(21,2)24(23)9-13-30(25,31)3)33-39-18-28(37)32-15-11-20-4-7-26(35)27(36)16-20/h4,7,16-17,23-25,35-36,38H,5-6,8-15,18H2,1-3H3,(H,32,37)/t23?,24?,25?,29-,30-,31-/m0/s1. The fourth-order valence-electron chi connectivity index (χ4n) is 8.53. The highest BCUT2D eigenvalue weighted by Crippen LogP contribution is 2.67. The number of amides is 1. The highest BCUT2D eigenvalue weighted by atomic mass is 16.6. The molecule has 1 aromatic rings. The van der Waals surface area contributed by atoms with Gasteiger partial charge in [0.15, 0.2) is 23.9 Å². The Morgan fingerprint density at radius 1 is 1.05 bits per heavy atom. The first-order valence-electron chi connectivity index (χ1n) is 14.4. The zero-order valence-electron chi connectivity index (χ0n) is 23.3. The summed E-state index contributed by atoms with van der Waals surface area (Å²) in [6.07, 6.45) is 10.0. The summed E-state index contributed by atoms with van der Waals surface area (Å²) in [7, 11) is 0. The van der Waals surface area contributed by atoms with Gasteiger partial charge in [-0.3, -0.25) is 9.59 Å². The van der Waals surface area contributed by atoms with E-state index in [0.29, 0.717) is 37.1 Å². The molecule has 1 aromatic carbocycles. The summed E-state index contributed by atoms with van der Waals surface area (Å²) >= 11 is 0. The minimum atomic E-state index is -1.18. The predicted octanol–water partition coefficient (Wildman–Crippen LogP) is 4.41. The van der Waals surface area contributed by atoms with Crippen molar-refractivity contribution in [3.8, 4) is 11.5 Å². The van der Waals surface area contributed by atoms with Crippen molar-refractivity contribution >= 4 is 17.4 Å². The van der Waals surface area contributed by atoms with Crippen molar-refractivity contribution in [2.45, 2.75) is 84.2 Å². The first-order chi connectivity index (χ1) is 18.5. The number of phenolic OH excluding ortho intramolecular Hbond substituents is 2. The van der Waals surface area contributed by atoms with E-state index in [9.17, 15) is 24.9 Å². The maximum absolute atomic E-state index is 12.5. The van der Waals surface area contributed by atoms with Gasteiger partial charge in [-0.2, -0.15) is 0 Å². The lowest BCUT2D eigenvalue weighted by Gasteiger charge is -2.59. The van der Waals surface area contributed by atoms with Gasteiger partial charge in [0.1, 0.15) is 5.60 Å². The van der Waals surface area contributed by atoms with E-state index in [1.54, 1.807) is 13.0 Å². The molecule has 3 unspecified atom stereocenters. The molecule has 8 heteroatoms. The van der Waals surface area contributed by atoms with E-state index < -0.39 is 5.60 Å². The smallest absolute Gasteiger partial charge is 0.260 e. The molecule has 0 spiro atoms. The summed E-state index contributed by atoms with van der Waals surface area (Å²) in [4.78, 5) is 30.0. The molecule has 4 N–H and O–H groups in total. The van der Waals surface area contributed by atoms with Crippen molar-refractivity contribution in [1.29, 1.82) is 0 Å². The Balaban J connectivity index is 1.16. The molecule has 6 atom stereocenters. The Labute approximate surface area is 230 Å². The number of hydrogen-bond donors (Lipinski definition) is 4. The number of nitrogens with one attached hydrogen (secondary N) is 1. The van der Waals surface area contributed by atoms with Crippen LogP contribution in [0.4, 0.5) is 0 Å². The molecule has 39 heavy (non-hydrogen) atoms. The topological polar surface area (TPSA) is 128 Å². The Bertz CT molecular complexity index is 1210. The monoisotopic (exact) mass is 538 g/mol. The van der Waals surface area contributed by atoms with Crippen molar-refractivity contribution in [3.05, 3.63) is 35.4 Å². The summed E-state index contributed by atoms with van der Waals surface area (Å²) in [6.45, 7) is 6.34. The summed E-state index contributed by atoms with van der Waals surface area (Å²) in [5.41, 5.74) is 1.70. The summed E-state index contributed by atoms with van der Waals surface area (Å²) < 4.78 is 0. The number of aliphatic hydroxyl groups is 1. The number of hydrogen-bond acceptors (Lipinski definition) is 7. The van der Waals surface area contributed by atoms with Crippen molar-refractivity contribution in [2.24, 2.45) is 33.7 Å². The molecule has 3 saturated carbocycles.